The Balaban J connectivity index is 2.36. The molecule has 2 atom stereocenters. The second-order valence-corrected chi connectivity index (χ2v) is 8.43. The van der Waals surface area contributed by atoms with Gasteiger partial charge in [0.15, 0.2) is 45.9 Å². The van der Waals surface area contributed by atoms with Crippen LogP contribution in [0.3, 0.4) is 0 Å². The van der Waals surface area contributed by atoms with E-state index in [1.165, 1.54) is 13.8 Å². The quantitative estimate of drug-likeness (QED) is 0.113. The van der Waals surface area contributed by atoms with E-state index in [-0.39, 0.29) is 6.42 Å². The molecule has 0 bridgehead atoms. The molecule has 2 rings (SSSR count). The van der Waals surface area contributed by atoms with Crippen LogP contribution in [-0.4, -0.2) is 28.1 Å². The summed E-state index contributed by atoms with van der Waals surface area (Å²) in [5.41, 5.74) is -4.30. The van der Waals surface area contributed by atoms with Crippen molar-refractivity contribution in [2.45, 2.75) is 57.5 Å². The number of ether oxygens (including phenoxy) is 1. The molecule has 0 aliphatic carbocycles. The van der Waals surface area contributed by atoms with E-state index < -0.39 is 99.3 Å². The molecular formula is C23H18F6N4O4. The number of azo groups is 1. The topological polar surface area (TPSA) is 136 Å². The molecule has 0 radical (unpaired) electrons. The minimum atomic E-state index is -2.34. The number of carbonyl (C=O) groups excluding carboxylic acids is 1. The fourth-order valence-corrected chi connectivity index (χ4v) is 3.11. The van der Waals surface area contributed by atoms with Gasteiger partial charge < -0.3 is 9.84 Å². The number of hydrogen-bond acceptors (Lipinski definition) is 7. The van der Waals surface area contributed by atoms with Gasteiger partial charge in [-0.05, 0) is 39.2 Å². The van der Waals surface area contributed by atoms with Crippen LogP contribution in [0.1, 0.15) is 45.1 Å². The van der Waals surface area contributed by atoms with E-state index in [9.17, 15) is 46.5 Å². The van der Waals surface area contributed by atoms with Crippen molar-refractivity contribution in [3.63, 3.8) is 0 Å². The summed E-state index contributed by atoms with van der Waals surface area (Å²) in [5, 5.41) is 32.4. The third-order valence-corrected chi connectivity index (χ3v) is 5.42. The SMILES string of the molecule is Cc1c(F)c(F)c(OC(=O)CCC(C)(C#N)N=NC(C)(C#N)CCC(=O)O)c2c(F)c(F)c(F)c(F)c12. The Hall–Kier alpha value is -4.20. The Morgan fingerprint density at radius 2 is 1.27 bits per heavy atom. The number of rotatable bonds is 9. The van der Waals surface area contributed by atoms with Crippen molar-refractivity contribution in [3.8, 4) is 17.9 Å². The predicted octanol–water partition coefficient (Wildman–Crippen LogP) is 5.55. The van der Waals surface area contributed by atoms with Crippen LogP contribution < -0.4 is 4.74 Å². The number of carbonyl (C=O) groups is 2. The van der Waals surface area contributed by atoms with Crippen LogP contribution in [0, 0.1) is 64.5 Å². The van der Waals surface area contributed by atoms with E-state index in [0.717, 1.165) is 6.92 Å². The first-order valence-electron chi connectivity index (χ1n) is 10.4. The highest BCUT2D eigenvalue weighted by atomic mass is 19.2. The summed E-state index contributed by atoms with van der Waals surface area (Å²) >= 11 is 0. The summed E-state index contributed by atoms with van der Waals surface area (Å²) in [4.78, 5) is 23.1. The summed E-state index contributed by atoms with van der Waals surface area (Å²) in [6.07, 6.45) is -1.91. The molecule has 8 nitrogen and oxygen atoms in total. The fourth-order valence-electron chi connectivity index (χ4n) is 3.11. The number of nitrogens with zero attached hydrogens (tertiary/aromatic N) is 4. The number of fused-ring (bicyclic) bond motifs is 1. The second-order valence-electron chi connectivity index (χ2n) is 8.43. The molecular weight excluding hydrogens is 510 g/mol. The van der Waals surface area contributed by atoms with Gasteiger partial charge in [-0.15, -0.1) is 0 Å². The number of nitriles is 2. The lowest BCUT2D eigenvalue weighted by Gasteiger charge is -2.19. The number of hydrogen-bond donors (Lipinski definition) is 1. The van der Waals surface area contributed by atoms with E-state index in [1.807, 2.05) is 0 Å². The lowest BCUT2D eigenvalue weighted by molar-refractivity contribution is -0.137. The number of carboxylic acid groups (broad SMARTS) is 1. The summed E-state index contributed by atoms with van der Waals surface area (Å²) in [6, 6.07) is 3.47. The van der Waals surface area contributed by atoms with Gasteiger partial charge >= 0.3 is 11.9 Å². The van der Waals surface area contributed by atoms with Gasteiger partial charge in [-0.2, -0.15) is 25.1 Å². The van der Waals surface area contributed by atoms with E-state index in [2.05, 4.69) is 15.0 Å². The van der Waals surface area contributed by atoms with E-state index in [4.69, 9.17) is 5.11 Å². The third-order valence-electron chi connectivity index (χ3n) is 5.42. The van der Waals surface area contributed by atoms with Crippen molar-refractivity contribution in [2.24, 2.45) is 10.2 Å². The average Bonchev–Trinajstić information content (AvgIpc) is 2.87. The predicted molar refractivity (Wildman–Crippen MR) is 113 cm³/mol. The summed E-state index contributed by atoms with van der Waals surface area (Å²) < 4.78 is 89.7. The average molecular weight is 528 g/mol. The number of benzene rings is 2. The first-order chi connectivity index (χ1) is 17.1. The van der Waals surface area contributed by atoms with Gasteiger partial charge in [0.05, 0.1) is 17.5 Å². The summed E-state index contributed by atoms with van der Waals surface area (Å²) in [5.74, 6) is -16.7. The van der Waals surface area contributed by atoms with Crippen molar-refractivity contribution in [2.75, 3.05) is 0 Å². The molecule has 0 amide bonds. The van der Waals surface area contributed by atoms with Crippen LogP contribution in [-0.2, 0) is 9.59 Å². The largest absolute Gasteiger partial charge is 0.481 e. The monoisotopic (exact) mass is 528 g/mol. The lowest BCUT2D eigenvalue weighted by Crippen LogP contribution is -2.25. The van der Waals surface area contributed by atoms with Crippen LogP contribution in [0.5, 0.6) is 5.75 Å². The highest BCUT2D eigenvalue weighted by Gasteiger charge is 2.32. The van der Waals surface area contributed by atoms with Gasteiger partial charge in [0.1, 0.15) is 0 Å². The molecule has 0 fully saturated rings. The molecule has 0 aromatic heterocycles. The molecule has 14 heteroatoms. The highest BCUT2D eigenvalue weighted by molar-refractivity contribution is 5.94. The maximum atomic E-state index is 14.5. The fraction of sp³-hybridized carbons (Fsp3) is 0.391. The zero-order chi connectivity index (χ0) is 28.3. The van der Waals surface area contributed by atoms with Gasteiger partial charge in [-0.1, -0.05) is 0 Å². The molecule has 0 spiro atoms. The van der Waals surface area contributed by atoms with Crippen LogP contribution in [0.25, 0.3) is 10.8 Å². The third kappa shape index (κ3) is 5.97. The van der Waals surface area contributed by atoms with E-state index in [1.54, 1.807) is 12.1 Å². The maximum Gasteiger partial charge on any atom is 0.311 e. The smallest absolute Gasteiger partial charge is 0.311 e. The summed E-state index contributed by atoms with van der Waals surface area (Å²) in [7, 11) is 0. The Morgan fingerprint density at radius 3 is 1.73 bits per heavy atom. The Labute approximate surface area is 205 Å². The van der Waals surface area contributed by atoms with Gasteiger partial charge in [0, 0.05) is 18.2 Å². The van der Waals surface area contributed by atoms with E-state index in [0.29, 0.717) is 0 Å². The second kappa shape index (κ2) is 10.8. The standard InChI is InChI=1S/C23H18F6N4O4/c1-10-13-14(17(26)19(28)18(27)16(13)25)21(20(29)15(10)24)37-12(36)5-7-23(3,9-31)33-32-22(2,8-30)6-4-11(34)35/h4-7H2,1-3H3,(H,34,35). The van der Waals surface area contributed by atoms with Crippen molar-refractivity contribution < 1.29 is 45.8 Å². The molecule has 0 aliphatic rings. The van der Waals surface area contributed by atoms with Gasteiger partial charge in [0.2, 0.25) is 5.82 Å². The lowest BCUT2D eigenvalue weighted by atomic mass is 9.97. The molecule has 2 unspecified atom stereocenters. The Kier molecular flexibility index (Phi) is 8.49. The number of halogens is 6. The van der Waals surface area contributed by atoms with Crippen molar-refractivity contribution in [3.05, 3.63) is 40.5 Å². The van der Waals surface area contributed by atoms with Crippen LogP contribution in [0.4, 0.5) is 26.3 Å². The van der Waals surface area contributed by atoms with Crippen LogP contribution >= 0.6 is 0 Å². The minimum Gasteiger partial charge on any atom is -0.481 e. The summed E-state index contributed by atoms with van der Waals surface area (Å²) in [6.45, 7) is 3.23. The minimum absolute atomic E-state index is 0.240. The van der Waals surface area contributed by atoms with E-state index >= 15 is 0 Å². The number of aryl methyl sites for hydroxylation is 1. The first-order valence-corrected chi connectivity index (χ1v) is 10.4. The van der Waals surface area contributed by atoms with Crippen molar-refractivity contribution in [1.29, 1.82) is 10.5 Å². The van der Waals surface area contributed by atoms with Gasteiger partial charge in [0.25, 0.3) is 0 Å². The molecule has 2 aromatic carbocycles. The first kappa shape index (κ1) is 29.0. The van der Waals surface area contributed by atoms with Gasteiger partial charge in [-0.25, -0.2) is 22.0 Å². The molecule has 0 saturated carbocycles. The van der Waals surface area contributed by atoms with Crippen molar-refractivity contribution >= 4 is 22.7 Å². The molecule has 0 heterocycles. The zero-order valence-corrected chi connectivity index (χ0v) is 19.6. The number of aliphatic carboxylic acids is 1. The zero-order valence-electron chi connectivity index (χ0n) is 19.6. The molecule has 0 saturated heterocycles. The van der Waals surface area contributed by atoms with Crippen LogP contribution in [0.15, 0.2) is 10.2 Å². The Morgan fingerprint density at radius 1 is 0.811 bits per heavy atom. The molecule has 1 N–H and O–H groups in total. The van der Waals surface area contributed by atoms with Crippen LogP contribution in [0.2, 0.25) is 0 Å². The maximum absolute atomic E-state index is 14.5. The van der Waals surface area contributed by atoms with Gasteiger partial charge in [-0.3, -0.25) is 9.59 Å². The highest BCUT2D eigenvalue weighted by Crippen LogP contribution is 2.39. The molecule has 0 aliphatic heterocycles. The number of esters is 1. The number of carboxylic acids is 1. The molecule has 2 aromatic rings. The Bertz CT molecular complexity index is 1390. The molecule has 37 heavy (non-hydrogen) atoms. The van der Waals surface area contributed by atoms with Crippen molar-refractivity contribution in [1.82, 2.24) is 0 Å². The normalized spacial score (nSPS) is 14.6. The molecule has 196 valence electrons.